The summed E-state index contributed by atoms with van der Waals surface area (Å²) in [5.41, 5.74) is 0.734. The number of benzene rings is 1. The number of nitrogens with zero attached hydrogens (tertiary/aromatic N) is 2. The van der Waals surface area contributed by atoms with Crippen molar-refractivity contribution in [1.29, 1.82) is 0 Å². The highest BCUT2D eigenvalue weighted by atomic mass is 35.5. The summed E-state index contributed by atoms with van der Waals surface area (Å²) >= 11 is 5.29. The minimum absolute atomic E-state index is 0.587. The maximum atomic E-state index is 10.8. The van der Waals surface area contributed by atoms with Crippen molar-refractivity contribution in [2.75, 3.05) is 0 Å². The van der Waals surface area contributed by atoms with Crippen LogP contribution in [0.25, 0.3) is 10.9 Å². The van der Waals surface area contributed by atoms with Crippen LogP contribution in [-0.4, -0.2) is 15.1 Å². The third-order valence-corrected chi connectivity index (χ3v) is 1.80. The van der Waals surface area contributed by atoms with Crippen LogP contribution in [0.5, 0.6) is 0 Å². The largest absolute Gasteiger partial charge is 0.341 e. The summed E-state index contributed by atoms with van der Waals surface area (Å²) in [5, 5.41) is 4.15. The highest BCUT2D eigenvalue weighted by Crippen LogP contribution is 2.12. The maximum absolute atomic E-state index is 10.8. The average Bonchev–Trinajstić information content (AvgIpc) is 2.47. The van der Waals surface area contributed by atoms with Gasteiger partial charge in [0.1, 0.15) is 0 Å². The molecule has 0 N–H and O–H groups in total. The molecule has 1 heterocycles. The average molecular weight is 181 g/mol. The Kier molecular flexibility index (Phi) is 1.59. The zero-order valence-electron chi connectivity index (χ0n) is 6.07. The van der Waals surface area contributed by atoms with Crippen LogP contribution < -0.4 is 0 Å². The summed E-state index contributed by atoms with van der Waals surface area (Å²) in [6.45, 7) is 0. The van der Waals surface area contributed by atoms with Gasteiger partial charge >= 0.3 is 5.37 Å². The standard InChI is InChI=1S/C8H5ClN2O/c9-8(12)11-7-4-2-1-3-6(7)5-10-11/h1-5H. The SMILES string of the molecule is O=C(Cl)n1ncc2ccccc21. The van der Waals surface area contributed by atoms with Crippen LogP contribution >= 0.6 is 11.6 Å². The fraction of sp³-hybridized carbons (Fsp3) is 0. The fourth-order valence-corrected chi connectivity index (χ4v) is 1.25. The van der Waals surface area contributed by atoms with E-state index in [9.17, 15) is 4.79 Å². The first-order chi connectivity index (χ1) is 5.79. The molecule has 0 unspecified atom stereocenters. The van der Waals surface area contributed by atoms with Crippen molar-refractivity contribution in [1.82, 2.24) is 9.78 Å². The molecule has 4 heteroatoms. The van der Waals surface area contributed by atoms with Gasteiger partial charge in [0.05, 0.1) is 11.7 Å². The molecule has 0 saturated carbocycles. The van der Waals surface area contributed by atoms with E-state index in [1.807, 2.05) is 18.2 Å². The van der Waals surface area contributed by atoms with E-state index in [4.69, 9.17) is 11.6 Å². The number of hydrogen-bond donors (Lipinski definition) is 0. The zero-order valence-corrected chi connectivity index (χ0v) is 6.82. The van der Waals surface area contributed by atoms with Gasteiger partial charge in [-0.25, -0.2) is 0 Å². The van der Waals surface area contributed by atoms with Gasteiger partial charge in [-0.15, -0.1) is 0 Å². The minimum Gasteiger partial charge on any atom is -0.253 e. The van der Waals surface area contributed by atoms with Gasteiger partial charge in [-0.1, -0.05) is 18.2 Å². The summed E-state index contributed by atoms with van der Waals surface area (Å²) in [7, 11) is 0. The maximum Gasteiger partial charge on any atom is 0.341 e. The molecule has 12 heavy (non-hydrogen) atoms. The molecule has 0 fully saturated rings. The summed E-state index contributed by atoms with van der Waals surface area (Å²) in [6.07, 6.45) is 1.61. The smallest absolute Gasteiger partial charge is 0.253 e. The van der Waals surface area contributed by atoms with Gasteiger partial charge in [-0.05, 0) is 17.7 Å². The quantitative estimate of drug-likeness (QED) is 0.583. The molecule has 2 aromatic rings. The molecular weight excluding hydrogens is 176 g/mol. The third kappa shape index (κ3) is 0.987. The van der Waals surface area contributed by atoms with Crippen molar-refractivity contribution < 1.29 is 4.79 Å². The van der Waals surface area contributed by atoms with E-state index >= 15 is 0 Å². The molecule has 0 spiro atoms. The topological polar surface area (TPSA) is 34.9 Å². The van der Waals surface area contributed by atoms with Gasteiger partial charge in [0.15, 0.2) is 0 Å². The number of fused-ring (bicyclic) bond motifs is 1. The Hall–Kier alpha value is -1.35. The lowest BCUT2D eigenvalue weighted by atomic mass is 10.3. The number of aromatic nitrogens is 2. The van der Waals surface area contributed by atoms with E-state index in [1.54, 1.807) is 12.3 Å². The Bertz CT molecular complexity index is 435. The molecular formula is C8H5ClN2O. The van der Waals surface area contributed by atoms with E-state index in [0.717, 1.165) is 15.6 Å². The van der Waals surface area contributed by atoms with Crippen LogP contribution in [0.4, 0.5) is 4.79 Å². The number of carbonyl (C=O) groups is 1. The third-order valence-electron chi connectivity index (χ3n) is 1.64. The van der Waals surface area contributed by atoms with Gasteiger partial charge in [0.2, 0.25) is 0 Å². The minimum atomic E-state index is -0.587. The van der Waals surface area contributed by atoms with Crippen molar-refractivity contribution in [3.8, 4) is 0 Å². The van der Waals surface area contributed by atoms with E-state index in [2.05, 4.69) is 5.10 Å². The van der Waals surface area contributed by atoms with Gasteiger partial charge in [-0.2, -0.15) is 9.78 Å². The van der Waals surface area contributed by atoms with Gasteiger partial charge < -0.3 is 0 Å². The van der Waals surface area contributed by atoms with Crippen molar-refractivity contribution >= 4 is 27.9 Å². The van der Waals surface area contributed by atoms with Crippen molar-refractivity contribution in [3.63, 3.8) is 0 Å². The lowest BCUT2D eigenvalue weighted by molar-refractivity contribution is 0.259. The second-order valence-corrected chi connectivity index (χ2v) is 2.69. The van der Waals surface area contributed by atoms with Crippen LogP contribution in [0.3, 0.4) is 0 Å². The molecule has 3 nitrogen and oxygen atoms in total. The number of carbonyl (C=O) groups excluding carboxylic acids is 1. The molecule has 0 saturated heterocycles. The highest BCUT2D eigenvalue weighted by Gasteiger charge is 2.05. The second-order valence-electron chi connectivity index (χ2n) is 2.37. The highest BCUT2D eigenvalue weighted by molar-refractivity contribution is 6.63. The number of halogens is 1. The van der Waals surface area contributed by atoms with Crippen molar-refractivity contribution in [2.24, 2.45) is 0 Å². The Morgan fingerprint density at radius 1 is 1.42 bits per heavy atom. The van der Waals surface area contributed by atoms with Crippen LogP contribution in [0, 0.1) is 0 Å². The first kappa shape index (κ1) is 7.31. The molecule has 1 aromatic carbocycles. The van der Waals surface area contributed by atoms with E-state index in [-0.39, 0.29) is 0 Å². The van der Waals surface area contributed by atoms with Gasteiger partial charge in [-0.3, -0.25) is 4.79 Å². The molecule has 0 amide bonds. The first-order valence-electron chi connectivity index (χ1n) is 3.41. The lowest BCUT2D eigenvalue weighted by Crippen LogP contribution is -2.02. The molecule has 2 rings (SSSR count). The van der Waals surface area contributed by atoms with Crippen molar-refractivity contribution in [2.45, 2.75) is 0 Å². The van der Waals surface area contributed by atoms with Gasteiger partial charge in [0, 0.05) is 5.39 Å². The first-order valence-corrected chi connectivity index (χ1v) is 3.79. The molecule has 1 aromatic heterocycles. The Morgan fingerprint density at radius 2 is 2.17 bits per heavy atom. The molecule has 0 aliphatic rings. The summed E-state index contributed by atoms with van der Waals surface area (Å²) in [6, 6.07) is 7.38. The number of hydrogen-bond acceptors (Lipinski definition) is 2. The number of para-hydroxylation sites is 1. The molecule has 0 aliphatic carbocycles. The summed E-state index contributed by atoms with van der Waals surface area (Å²) in [5.74, 6) is 0. The molecule has 0 bridgehead atoms. The van der Waals surface area contributed by atoms with Crippen LogP contribution in [0.2, 0.25) is 0 Å². The Balaban J connectivity index is 2.79. The summed E-state index contributed by atoms with van der Waals surface area (Å²) < 4.78 is 1.16. The van der Waals surface area contributed by atoms with Crippen LogP contribution in [0.1, 0.15) is 0 Å². The van der Waals surface area contributed by atoms with Crippen molar-refractivity contribution in [3.05, 3.63) is 30.5 Å². The van der Waals surface area contributed by atoms with E-state index in [0.29, 0.717) is 0 Å². The fourth-order valence-electron chi connectivity index (χ4n) is 1.11. The Morgan fingerprint density at radius 3 is 2.92 bits per heavy atom. The summed E-state index contributed by atoms with van der Waals surface area (Å²) in [4.78, 5) is 10.8. The normalized spacial score (nSPS) is 10.4. The molecule has 0 atom stereocenters. The Labute approximate surface area is 73.6 Å². The molecule has 0 radical (unpaired) electrons. The second kappa shape index (κ2) is 2.60. The lowest BCUT2D eigenvalue weighted by Gasteiger charge is -1.92. The zero-order chi connectivity index (χ0) is 8.55. The predicted octanol–water partition coefficient (Wildman–Crippen LogP) is 2.24. The van der Waals surface area contributed by atoms with E-state index in [1.165, 1.54) is 0 Å². The van der Waals surface area contributed by atoms with Gasteiger partial charge in [0.25, 0.3) is 0 Å². The van der Waals surface area contributed by atoms with Crippen LogP contribution in [-0.2, 0) is 0 Å². The molecule has 0 aliphatic heterocycles. The van der Waals surface area contributed by atoms with Crippen LogP contribution in [0.15, 0.2) is 30.5 Å². The van der Waals surface area contributed by atoms with E-state index < -0.39 is 5.37 Å². The predicted molar refractivity (Wildman–Crippen MR) is 46.4 cm³/mol. The monoisotopic (exact) mass is 180 g/mol. The molecule has 60 valence electrons. The number of rotatable bonds is 0.